The number of urea groups is 1. The molecule has 1 saturated heterocycles. The topological polar surface area (TPSA) is 124 Å². The number of hydrogen-bond donors (Lipinski definition) is 3. The Morgan fingerprint density at radius 3 is 2.86 bits per heavy atom. The molecule has 0 radical (unpaired) electrons. The molecule has 2 fully saturated rings. The van der Waals surface area contributed by atoms with E-state index in [1.165, 1.54) is 11.3 Å². The lowest BCUT2D eigenvalue weighted by Gasteiger charge is -2.09. The van der Waals surface area contributed by atoms with E-state index in [0.29, 0.717) is 27.8 Å². The van der Waals surface area contributed by atoms with E-state index >= 15 is 0 Å². The molecular weight excluding hydrogens is 378 g/mol. The first kappa shape index (κ1) is 16.5. The lowest BCUT2D eigenvalue weighted by Crippen LogP contribution is -2.22. The largest absolute Gasteiger partial charge is 0.367 e. The van der Waals surface area contributed by atoms with Gasteiger partial charge in [-0.3, -0.25) is 10.1 Å². The third kappa shape index (κ3) is 2.87. The summed E-state index contributed by atoms with van der Waals surface area (Å²) < 4.78 is 1.68. The van der Waals surface area contributed by atoms with Crippen molar-refractivity contribution < 1.29 is 9.59 Å². The van der Waals surface area contributed by atoms with E-state index in [2.05, 4.69) is 27.1 Å². The fraction of sp³-hybridized carbons (Fsp3) is 0.167. The van der Waals surface area contributed by atoms with E-state index in [1.54, 1.807) is 22.9 Å². The summed E-state index contributed by atoms with van der Waals surface area (Å²) in [5.74, 6) is 0.299. The van der Waals surface area contributed by atoms with Gasteiger partial charge in [-0.15, -0.1) is 11.3 Å². The predicted octanol–water partition coefficient (Wildman–Crippen LogP) is 2.08. The van der Waals surface area contributed by atoms with Gasteiger partial charge in [0.15, 0.2) is 5.65 Å². The number of carbonyl (C=O) groups excluding carboxylic acids is 2. The van der Waals surface area contributed by atoms with E-state index < -0.39 is 11.9 Å². The van der Waals surface area contributed by atoms with Crippen LogP contribution in [0, 0.1) is 11.3 Å². The second-order valence-electron chi connectivity index (χ2n) is 6.52. The van der Waals surface area contributed by atoms with Crippen molar-refractivity contribution in [1.82, 2.24) is 25.2 Å². The highest BCUT2D eigenvalue weighted by Gasteiger charge is 2.25. The van der Waals surface area contributed by atoms with Crippen molar-refractivity contribution in [2.75, 3.05) is 5.32 Å². The van der Waals surface area contributed by atoms with Crippen LogP contribution in [-0.4, -0.2) is 32.6 Å². The van der Waals surface area contributed by atoms with Gasteiger partial charge in [0, 0.05) is 17.7 Å². The van der Waals surface area contributed by atoms with E-state index in [-0.39, 0.29) is 5.70 Å². The zero-order valence-corrected chi connectivity index (χ0v) is 15.2. The maximum Gasteiger partial charge on any atom is 0.326 e. The van der Waals surface area contributed by atoms with Crippen molar-refractivity contribution in [2.45, 2.75) is 18.9 Å². The second kappa shape index (κ2) is 6.17. The molecule has 0 bridgehead atoms. The molecule has 138 valence electrons. The van der Waals surface area contributed by atoms with Gasteiger partial charge in [0.25, 0.3) is 5.91 Å². The van der Waals surface area contributed by atoms with Crippen LogP contribution in [0.25, 0.3) is 22.3 Å². The fourth-order valence-corrected chi connectivity index (χ4v) is 3.68. The number of nitrogens with zero attached hydrogens (tertiary/aromatic N) is 4. The number of nitrogens with one attached hydrogen (secondary N) is 3. The fourth-order valence-electron chi connectivity index (χ4n) is 2.92. The molecule has 4 heterocycles. The SMILES string of the molecule is N#Cc1ccc(-c2cc(NC3CC3)n3ncc(/C=C4\NC(=O)NC4=O)c3n2)s1. The van der Waals surface area contributed by atoms with Gasteiger partial charge in [0.2, 0.25) is 0 Å². The lowest BCUT2D eigenvalue weighted by atomic mass is 10.2. The number of imide groups is 1. The number of hydrogen-bond acceptors (Lipinski definition) is 7. The van der Waals surface area contributed by atoms with Gasteiger partial charge in [-0.05, 0) is 31.1 Å². The summed E-state index contributed by atoms with van der Waals surface area (Å²) in [6.45, 7) is 0. The number of aromatic nitrogens is 3. The molecule has 1 saturated carbocycles. The van der Waals surface area contributed by atoms with Crippen LogP contribution in [0.3, 0.4) is 0 Å². The Morgan fingerprint density at radius 1 is 1.32 bits per heavy atom. The van der Waals surface area contributed by atoms with E-state index in [1.807, 2.05) is 12.1 Å². The first-order valence-corrected chi connectivity index (χ1v) is 9.42. The Kier molecular flexibility index (Phi) is 3.63. The van der Waals surface area contributed by atoms with Crippen molar-refractivity contribution in [3.05, 3.63) is 40.5 Å². The maximum atomic E-state index is 11.8. The van der Waals surface area contributed by atoms with Crippen LogP contribution < -0.4 is 16.0 Å². The van der Waals surface area contributed by atoms with Crippen molar-refractivity contribution in [3.63, 3.8) is 0 Å². The van der Waals surface area contributed by atoms with Gasteiger partial charge in [-0.25, -0.2) is 9.78 Å². The van der Waals surface area contributed by atoms with E-state index in [9.17, 15) is 9.59 Å². The summed E-state index contributed by atoms with van der Waals surface area (Å²) in [5, 5.41) is 21.6. The van der Waals surface area contributed by atoms with E-state index in [4.69, 9.17) is 10.2 Å². The molecule has 2 aliphatic rings. The van der Waals surface area contributed by atoms with Crippen molar-refractivity contribution in [1.29, 1.82) is 5.26 Å². The molecule has 0 spiro atoms. The van der Waals surface area contributed by atoms with Crippen LogP contribution in [0.5, 0.6) is 0 Å². The Balaban J connectivity index is 1.65. The number of nitriles is 1. The molecule has 3 N–H and O–H groups in total. The number of fused-ring (bicyclic) bond motifs is 1. The molecule has 9 nitrogen and oxygen atoms in total. The van der Waals surface area contributed by atoms with Crippen LogP contribution in [0.1, 0.15) is 23.3 Å². The highest BCUT2D eigenvalue weighted by atomic mass is 32.1. The Hall–Kier alpha value is -3.71. The van der Waals surface area contributed by atoms with Crippen LogP contribution in [-0.2, 0) is 4.79 Å². The van der Waals surface area contributed by atoms with Crippen molar-refractivity contribution in [2.24, 2.45) is 0 Å². The number of rotatable bonds is 4. The summed E-state index contributed by atoms with van der Waals surface area (Å²) in [6.07, 6.45) is 5.35. The average molecular weight is 391 g/mol. The first-order chi connectivity index (χ1) is 13.6. The molecular formula is C18H13N7O2S. The number of amides is 3. The molecule has 1 aliphatic carbocycles. The number of thiophene rings is 1. The minimum absolute atomic E-state index is 0.145. The third-order valence-corrected chi connectivity index (χ3v) is 5.43. The van der Waals surface area contributed by atoms with Gasteiger partial charge in [-0.1, -0.05) is 0 Å². The third-order valence-electron chi connectivity index (χ3n) is 4.42. The Bertz CT molecular complexity index is 1210. The van der Waals surface area contributed by atoms with Gasteiger partial charge >= 0.3 is 6.03 Å². The van der Waals surface area contributed by atoms with Crippen molar-refractivity contribution in [3.8, 4) is 16.6 Å². The molecule has 0 aromatic carbocycles. The molecule has 28 heavy (non-hydrogen) atoms. The van der Waals surface area contributed by atoms with Gasteiger partial charge < -0.3 is 10.6 Å². The summed E-state index contributed by atoms with van der Waals surface area (Å²) >= 11 is 1.36. The van der Waals surface area contributed by atoms with Gasteiger partial charge in [-0.2, -0.15) is 14.9 Å². The summed E-state index contributed by atoms with van der Waals surface area (Å²) in [7, 11) is 0. The van der Waals surface area contributed by atoms with Crippen LogP contribution in [0.2, 0.25) is 0 Å². The minimum Gasteiger partial charge on any atom is -0.367 e. The standard InChI is InChI=1S/C18H13N7O2S/c19-7-11-3-4-14(28-11)12-6-15(21-10-1-2-10)25-16(22-12)9(8-20-25)5-13-17(26)24-18(27)23-13/h3-6,8,10,21H,1-2H2,(H2,23,24,26,27)/b13-5-. The highest BCUT2D eigenvalue weighted by molar-refractivity contribution is 7.15. The van der Waals surface area contributed by atoms with E-state index in [0.717, 1.165) is 23.5 Å². The zero-order chi connectivity index (χ0) is 19.3. The molecule has 3 aromatic rings. The summed E-state index contributed by atoms with van der Waals surface area (Å²) in [6, 6.07) is 7.52. The molecule has 0 unspecified atom stereocenters. The monoisotopic (exact) mass is 391 g/mol. The number of anilines is 1. The van der Waals surface area contributed by atoms with Gasteiger partial charge in [0.1, 0.15) is 22.5 Å². The molecule has 0 atom stereocenters. The molecule has 3 amide bonds. The first-order valence-electron chi connectivity index (χ1n) is 8.60. The molecule has 3 aromatic heterocycles. The minimum atomic E-state index is -0.555. The summed E-state index contributed by atoms with van der Waals surface area (Å²) in [4.78, 5) is 29.4. The highest BCUT2D eigenvalue weighted by Crippen LogP contribution is 2.32. The maximum absolute atomic E-state index is 11.8. The Morgan fingerprint density at radius 2 is 2.18 bits per heavy atom. The Labute approximate surface area is 162 Å². The normalized spacial score (nSPS) is 17.6. The van der Waals surface area contributed by atoms with Crippen molar-refractivity contribution >= 4 is 40.8 Å². The lowest BCUT2D eigenvalue weighted by molar-refractivity contribution is -0.115. The number of carbonyl (C=O) groups is 2. The molecule has 10 heteroatoms. The molecule has 5 rings (SSSR count). The smallest absolute Gasteiger partial charge is 0.326 e. The van der Waals surface area contributed by atoms with Crippen LogP contribution in [0.15, 0.2) is 30.1 Å². The molecule has 1 aliphatic heterocycles. The van der Waals surface area contributed by atoms with Crippen LogP contribution >= 0.6 is 11.3 Å². The van der Waals surface area contributed by atoms with Gasteiger partial charge in [0.05, 0.1) is 16.8 Å². The quantitative estimate of drug-likeness (QED) is 0.462. The average Bonchev–Trinajstić information content (AvgIpc) is 3.08. The second-order valence-corrected chi connectivity index (χ2v) is 7.61. The zero-order valence-electron chi connectivity index (χ0n) is 14.4. The summed E-state index contributed by atoms with van der Waals surface area (Å²) in [5.41, 5.74) is 2.01. The van der Waals surface area contributed by atoms with Crippen LogP contribution in [0.4, 0.5) is 10.6 Å². The predicted molar refractivity (Wildman–Crippen MR) is 102 cm³/mol.